The Morgan fingerprint density at radius 3 is 2.48 bits per heavy atom. The molecule has 0 saturated heterocycles. The molecule has 0 radical (unpaired) electrons. The fraction of sp³-hybridized carbons (Fsp3) is 0.412. The lowest BCUT2D eigenvalue weighted by atomic mass is 10.2. The van der Waals surface area contributed by atoms with Crippen molar-refractivity contribution >= 4 is 0 Å². The van der Waals surface area contributed by atoms with Crippen LogP contribution in [0.15, 0.2) is 36.5 Å². The molecule has 0 aliphatic carbocycles. The highest BCUT2D eigenvalue weighted by Crippen LogP contribution is 2.17. The van der Waals surface area contributed by atoms with Gasteiger partial charge in [0, 0.05) is 11.8 Å². The van der Waals surface area contributed by atoms with Crippen molar-refractivity contribution < 1.29 is 9.47 Å². The van der Waals surface area contributed by atoms with Crippen LogP contribution in [0.2, 0.25) is 0 Å². The molecule has 0 spiro atoms. The van der Waals surface area contributed by atoms with Gasteiger partial charge in [0.15, 0.2) is 0 Å². The molecule has 1 aromatic carbocycles. The third-order valence-corrected chi connectivity index (χ3v) is 3.36. The van der Waals surface area contributed by atoms with Crippen molar-refractivity contribution in [3.8, 4) is 5.88 Å². The first-order valence-electron chi connectivity index (χ1n) is 7.18. The summed E-state index contributed by atoms with van der Waals surface area (Å²) in [5.41, 5.74) is 2.09. The minimum Gasteiger partial charge on any atom is -0.472 e. The van der Waals surface area contributed by atoms with E-state index in [0.29, 0.717) is 18.3 Å². The van der Waals surface area contributed by atoms with Gasteiger partial charge >= 0.3 is 0 Å². The molecule has 0 unspecified atom stereocenters. The quantitative estimate of drug-likeness (QED) is 0.815. The summed E-state index contributed by atoms with van der Waals surface area (Å²) in [6.07, 6.45) is 1.67. The van der Waals surface area contributed by atoms with E-state index in [2.05, 4.69) is 22.1 Å². The summed E-state index contributed by atoms with van der Waals surface area (Å²) in [7, 11) is 0. The van der Waals surface area contributed by atoms with Gasteiger partial charge in [0.25, 0.3) is 0 Å². The molecule has 0 N–H and O–H groups in total. The predicted molar refractivity (Wildman–Crippen MR) is 82.3 cm³/mol. The van der Waals surface area contributed by atoms with Crippen LogP contribution in [-0.2, 0) is 11.3 Å². The minimum absolute atomic E-state index is 0.0279. The number of benzene rings is 1. The van der Waals surface area contributed by atoms with Crippen LogP contribution in [0.4, 0.5) is 0 Å². The largest absolute Gasteiger partial charge is 0.472 e. The van der Waals surface area contributed by atoms with Gasteiger partial charge in [-0.15, -0.1) is 0 Å². The van der Waals surface area contributed by atoms with E-state index in [-0.39, 0.29) is 12.2 Å². The number of aromatic nitrogens is 2. The number of nitrogens with zero attached hydrogens (tertiary/aromatic N) is 2. The molecule has 21 heavy (non-hydrogen) atoms. The number of hydrogen-bond donors (Lipinski definition) is 0. The van der Waals surface area contributed by atoms with Crippen LogP contribution >= 0.6 is 0 Å². The Morgan fingerprint density at radius 1 is 1.05 bits per heavy atom. The maximum atomic E-state index is 5.90. The first-order chi connectivity index (χ1) is 10.1. The Labute approximate surface area is 126 Å². The highest BCUT2D eigenvalue weighted by molar-refractivity contribution is 5.21. The van der Waals surface area contributed by atoms with E-state index in [4.69, 9.17) is 9.47 Å². The van der Waals surface area contributed by atoms with Crippen molar-refractivity contribution in [2.45, 2.75) is 46.5 Å². The second kappa shape index (κ2) is 7.18. The molecule has 4 nitrogen and oxygen atoms in total. The van der Waals surface area contributed by atoms with Crippen LogP contribution in [0.5, 0.6) is 5.88 Å². The van der Waals surface area contributed by atoms with E-state index in [9.17, 15) is 0 Å². The number of aryl methyl sites for hydroxylation is 2. The Kier molecular flexibility index (Phi) is 5.28. The summed E-state index contributed by atoms with van der Waals surface area (Å²) in [6.45, 7) is 8.38. The summed E-state index contributed by atoms with van der Waals surface area (Å²) in [6, 6.07) is 10.1. The van der Waals surface area contributed by atoms with Gasteiger partial charge in [0.2, 0.25) is 5.88 Å². The van der Waals surface area contributed by atoms with Gasteiger partial charge in [-0.25, -0.2) is 4.98 Å². The van der Waals surface area contributed by atoms with E-state index in [0.717, 1.165) is 11.1 Å². The normalized spacial score (nSPS) is 13.7. The van der Waals surface area contributed by atoms with Crippen LogP contribution in [0.3, 0.4) is 0 Å². The third kappa shape index (κ3) is 4.53. The first-order valence-corrected chi connectivity index (χ1v) is 7.18. The van der Waals surface area contributed by atoms with Crippen molar-refractivity contribution in [3.63, 3.8) is 0 Å². The molecule has 0 bridgehead atoms. The van der Waals surface area contributed by atoms with Crippen molar-refractivity contribution in [1.82, 2.24) is 9.97 Å². The molecule has 1 aromatic heterocycles. The monoisotopic (exact) mass is 286 g/mol. The van der Waals surface area contributed by atoms with E-state index in [1.165, 1.54) is 0 Å². The number of rotatable bonds is 6. The van der Waals surface area contributed by atoms with Crippen LogP contribution in [0, 0.1) is 13.8 Å². The summed E-state index contributed by atoms with van der Waals surface area (Å²) >= 11 is 0. The fourth-order valence-corrected chi connectivity index (χ4v) is 1.84. The molecule has 0 amide bonds. The van der Waals surface area contributed by atoms with Crippen LogP contribution in [-0.4, -0.2) is 22.2 Å². The molecular weight excluding hydrogens is 264 g/mol. The maximum Gasteiger partial charge on any atom is 0.219 e. The Morgan fingerprint density at radius 2 is 1.76 bits per heavy atom. The van der Waals surface area contributed by atoms with Gasteiger partial charge in [0.05, 0.1) is 12.7 Å². The van der Waals surface area contributed by atoms with Gasteiger partial charge in [-0.3, -0.25) is 0 Å². The second-order valence-corrected chi connectivity index (χ2v) is 5.23. The number of hydrogen-bond acceptors (Lipinski definition) is 4. The van der Waals surface area contributed by atoms with Gasteiger partial charge in [-0.05, 0) is 33.3 Å². The molecule has 4 heteroatoms. The van der Waals surface area contributed by atoms with Gasteiger partial charge < -0.3 is 9.47 Å². The Hall–Kier alpha value is -1.94. The molecular formula is C17H22N2O2. The zero-order chi connectivity index (χ0) is 15.2. The van der Waals surface area contributed by atoms with Crippen LogP contribution in [0.25, 0.3) is 0 Å². The summed E-state index contributed by atoms with van der Waals surface area (Å²) < 4.78 is 11.8. The average Bonchev–Trinajstić information content (AvgIpc) is 2.49. The van der Waals surface area contributed by atoms with E-state index in [1.54, 1.807) is 6.20 Å². The molecule has 0 aliphatic heterocycles. The molecule has 2 aromatic rings. The molecule has 112 valence electrons. The predicted octanol–water partition coefficient (Wildman–Crippen LogP) is 3.47. The van der Waals surface area contributed by atoms with Gasteiger partial charge in [0.1, 0.15) is 11.9 Å². The van der Waals surface area contributed by atoms with Crippen LogP contribution < -0.4 is 4.74 Å². The summed E-state index contributed by atoms with van der Waals surface area (Å²) in [4.78, 5) is 8.47. The topological polar surface area (TPSA) is 44.2 Å². The first kappa shape index (κ1) is 15.4. The maximum absolute atomic E-state index is 5.90. The lowest BCUT2D eigenvalue weighted by Crippen LogP contribution is -2.29. The van der Waals surface area contributed by atoms with Crippen molar-refractivity contribution in [2.75, 3.05) is 0 Å². The fourth-order valence-electron chi connectivity index (χ4n) is 1.84. The van der Waals surface area contributed by atoms with E-state index >= 15 is 0 Å². The van der Waals surface area contributed by atoms with Crippen molar-refractivity contribution in [1.29, 1.82) is 0 Å². The number of ether oxygens (including phenoxy) is 2. The molecule has 2 rings (SSSR count). The minimum atomic E-state index is -0.0817. The van der Waals surface area contributed by atoms with Gasteiger partial charge in [-0.2, -0.15) is 4.98 Å². The summed E-state index contributed by atoms with van der Waals surface area (Å²) in [5, 5.41) is 0. The second-order valence-electron chi connectivity index (χ2n) is 5.23. The molecule has 0 saturated carbocycles. The molecule has 0 aliphatic rings. The third-order valence-electron chi connectivity index (χ3n) is 3.36. The SMILES string of the molecule is Cc1ncc(C)c(O[C@H](C)[C@@H](C)OCc2ccccc2)n1. The molecule has 2 atom stereocenters. The average molecular weight is 286 g/mol. The Balaban J connectivity index is 1.90. The highest BCUT2D eigenvalue weighted by atomic mass is 16.5. The van der Waals surface area contributed by atoms with Crippen LogP contribution in [0.1, 0.15) is 30.8 Å². The smallest absolute Gasteiger partial charge is 0.219 e. The lowest BCUT2D eigenvalue weighted by Gasteiger charge is -2.22. The standard InChI is InChI=1S/C17H22N2O2/c1-12-10-18-15(4)19-17(12)21-14(3)13(2)20-11-16-8-6-5-7-9-16/h5-10,13-14H,11H2,1-4H3/t13-,14-/m1/s1. The molecule has 0 fully saturated rings. The zero-order valence-electron chi connectivity index (χ0n) is 13.0. The van der Waals surface area contributed by atoms with E-state index in [1.807, 2.05) is 45.9 Å². The Bertz CT molecular complexity index is 572. The van der Waals surface area contributed by atoms with Crippen molar-refractivity contribution in [3.05, 3.63) is 53.5 Å². The van der Waals surface area contributed by atoms with Crippen molar-refractivity contribution in [2.24, 2.45) is 0 Å². The zero-order valence-corrected chi connectivity index (χ0v) is 13.0. The molecule has 1 heterocycles. The lowest BCUT2D eigenvalue weighted by molar-refractivity contribution is -0.0182. The highest BCUT2D eigenvalue weighted by Gasteiger charge is 2.16. The van der Waals surface area contributed by atoms with Gasteiger partial charge in [-0.1, -0.05) is 30.3 Å². The summed E-state index contributed by atoms with van der Waals surface area (Å²) in [5.74, 6) is 1.34. The van der Waals surface area contributed by atoms with E-state index < -0.39 is 0 Å².